The Morgan fingerprint density at radius 2 is 1.77 bits per heavy atom. The fourth-order valence-electron chi connectivity index (χ4n) is 2.53. The molecular formula is C20H22ClFN2O2. The number of benzene rings is 2. The summed E-state index contributed by atoms with van der Waals surface area (Å²) in [5.74, 6) is -0.703. The average molecular weight is 377 g/mol. The largest absolute Gasteiger partial charge is 0.354 e. The molecule has 0 unspecified atom stereocenters. The lowest BCUT2D eigenvalue weighted by Crippen LogP contribution is -2.41. The van der Waals surface area contributed by atoms with E-state index in [0.717, 1.165) is 5.56 Å². The maximum absolute atomic E-state index is 13.5. The predicted molar refractivity (Wildman–Crippen MR) is 101 cm³/mol. The second kappa shape index (κ2) is 9.92. The molecule has 0 aliphatic heterocycles. The van der Waals surface area contributed by atoms with Crippen molar-refractivity contribution in [2.24, 2.45) is 0 Å². The van der Waals surface area contributed by atoms with Crippen LogP contribution in [0.5, 0.6) is 0 Å². The third-order valence-electron chi connectivity index (χ3n) is 4.04. The van der Waals surface area contributed by atoms with Crippen molar-refractivity contribution >= 4 is 23.4 Å². The van der Waals surface area contributed by atoms with Crippen molar-refractivity contribution < 1.29 is 14.0 Å². The number of nitrogens with zero attached hydrogens (tertiary/aromatic N) is 1. The lowest BCUT2D eigenvalue weighted by Gasteiger charge is -2.20. The van der Waals surface area contributed by atoms with E-state index in [1.807, 2.05) is 12.1 Å². The van der Waals surface area contributed by atoms with Crippen LogP contribution < -0.4 is 5.32 Å². The first-order valence-electron chi connectivity index (χ1n) is 8.46. The molecular weight excluding hydrogens is 355 g/mol. The molecule has 0 aliphatic carbocycles. The number of carbonyl (C=O) groups excluding carboxylic acids is 2. The van der Waals surface area contributed by atoms with E-state index in [9.17, 15) is 14.0 Å². The molecule has 0 fully saturated rings. The van der Waals surface area contributed by atoms with E-state index in [4.69, 9.17) is 11.6 Å². The SMILES string of the molecule is CC(=O)N(CCc1ccc(Cl)cc1)CC(=O)NCCc1ccccc1F. The first-order valence-corrected chi connectivity index (χ1v) is 8.83. The molecule has 4 nitrogen and oxygen atoms in total. The molecule has 0 saturated heterocycles. The number of carbonyl (C=O) groups is 2. The highest BCUT2D eigenvalue weighted by Crippen LogP contribution is 2.10. The summed E-state index contributed by atoms with van der Waals surface area (Å²) >= 11 is 5.86. The zero-order chi connectivity index (χ0) is 18.9. The Labute approximate surface area is 158 Å². The normalized spacial score (nSPS) is 10.4. The maximum atomic E-state index is 13.5. The van der Waals surface area contributed by atoms with Crippen LogP contribution in [0.3, 0.4) is 0 Å². The fourth-order valence-corrected chi connectivity index (χ4v) is 2.66. The van der Waals surface area contributed by atoms with Crippen molar-refractivity contribution in [2.45, 2.75) is 19.8 Å². The lowest BCUT2D eigenvalue weighted by molar-refractivity contribution is -0.134. The number of hydrogen-bond donors (Lipinski definition) is 1. The van der Waals surface area contributed by atoms with Crippen LogP contribution in [0.1, 0.15) is 18.1 Å². The van der Waals surface area contributed by atoms with Crippen LogP contribution in [0.4, 0.5) is 4.39 Å². The van der Waals surface area contributed by atoms with Gasteiger partial charge in [0.25, 0.3) is 0 Å². The minimum Gasteiger partial charge on any atom is -0.354 e. The van der Waals surface area contributed by atoms with Gasteiger partial charge < -0.3 is 10.2 Å². The molecule has 2 aromatic carbocycles. The highest BCUT2D eigenvalue weighted by atomic mass is 35.5. The molecule has 0 saturated carbocycles. The van der Waals surface area contributed by atoms with Crippen molar-refractivity contribution in [3.8, 4) is 0 Å². The summed E-state index contributed by atoms with van der Waals surface area (Å²) in [5, 5.41) is 3.39. The van der Waals surface area contributed by atoms with Crippen LogP contribution in [0, 0.1) is 5.82 Å². The van der Waals surface area contributed by atoms with Gasteiger partial charge in [0.2, 0.25) is 11.8 Å². The Kier molecular flexibility index (Phi) is 7.60. The average Bonchev–Trinajstić information content (AvgIpc) is 2.61. The van der Waals surface area contributed by atoms with Gasteiger partial charge in [-0.25, -0.2) is 4.39 Å². The van der Waals surface area contributed by atoms with E-state index in [1.54, 1.807) is 30.3 Å². The van der Waals surface area contributed by atoms with Gasteiger partial charge in [-0.1, -0.05) is 41.9 Å². The van der Waals surface area contributed by atoms with E-state index in [1.165, 1.54) is 17.9 Å². The quantitative estimate of drug-likeness (QED) is 0.769. The predicted octanol–water partition coefficient (Wildman–Crippen LogP) is 3.23. The Morgan fingerprint density at radius 3 is 2.42 bits per heavy atom. The Hall–Kier alpha value is -2.40. The molecule has 0 heterocycles. The molecule has 0 aromatic heterocycles. The van der Waals surface area contributed by atoms with E-state index >= 15 is 0 Å². The summed E-state index contributed by atoms with van der Waals surface area (Å²) in [5.41, 5.74) is 1.60. The van der Waals surface area contributed by atoms with E-state index < -0.39 is 0 Å². The zero-order valence-electron chi connectivity index (χ0n) is 14.7. The first kappa shape index (κ1) is 19.9. The molecule has 138 valence electrons. The number of rotatable bonds is 8. The molecule has 0 spiro atoms. The van der Waals surface area contributed by atoms with Crippen LogP contribution in [0.15, 0.2) is 48.5 Å². The molecule has 0 atom stereocenters. The number of amides is 2. The molecule has 0 radical (unpaired) electrons. The minimum atomic E-state index is -0.282. The first-order chi connectivity index (χ1) is 12.5. The van der Waals surface area contributed by atoms with Crippen LogP contribution in [0.2, 0.25) is 5.02 Å². The standard InChI is InChI=1S/C20H22ClFN2O2/c1-15(25)24(13-11-16-6-8-18(21)9-7-16)14-20(26)23-12-10-17-4-2-3-5-19(17)22/h2-9H,10-14H2,1H3,(H,23,26). The Balaban J connectivity index is 1.79. The number of hydrogen-bond acceptors (Lipinski definition) is 2. The Morgan fingerprint density at radius 1 is 1.08 bits per heavy atom. The fraction of sp³-hybridized carbons (Fsp3) is 0.300. The van der Waals surface area contributed by atoms with Crippen molar-refractivity contribution in [3.63, 3.8) is 0 Å². The van der Waals surface area contributed by atoms with Crippen LogP contribution in [0.25, 0.3) is 0 Å². The molecule has 1 N–H and O–H groups in total. The van der Waals surface area contributed by atoms with Gasteiger partial charge in [0, 0.05) is 25.0 Å². The summed E-state index contributed by atoms with van der Waals surface area (Å²) in [7, 11) is 0. The zero-order valence-corrected chi connectivity index (χ0v) is 15.4. The van der Waals surface area contributed by atoms with Crippen molar-refractivity contribution in [1.29, 1.82) is 0 Å². The monoisotopic (exact) mass is 376 g/mol. The van der Waals surface area contributed by atoms with Crippen molar-refractivity contribution in [3.05, 3.63) is 70.5 Å². The highest BCUT2D eigenvalue weighted by molar-refractivity contribution is 6.30. The van der Waals surface area contributed by atoms with Crippen molar-refractivity contribution in [2.75, 3.05) is 19.6 Å². The molecule has 0 aliphatic rings. The second-order valence-electron chi connectivity index (χ2n) is 6.01. The van der Waals surface area contributed by atoms with E-state index in [-0.39, 0.29) is 24.2 Å². The molecule has 2 aromatic rings. The topological polar surface area (TPSA) is 49.4 Å². The van der Waals surface area contributed by atoms with Crippen LogP contribution >= 0.6 is 11.6 Å². The molecule has 2 rings (SSSR count). The molecule has 26 heavy (non-hydrogen) atoms. The van der Waals surface area contributed by atoms with E-state index in [2.05, 4.69) is 5.32 Å². The third kappa shape index (κ3) is 6.48. The van der Waals surface area contributed by atoms with Gasteiger partial charge >= 0.3 is 0 Å². The minimum absolute atomic E-state index is 0.0137. The van der Waals surface area contributed by atoms with Gasteiger partial charge in [0.15, 0.2) is 0 Å². The summed E-state index contributed by atoms with van der Waals surface area (Å²) in [6.07, 6.45) is 1.04. The van der Waals surface area contributed by atoms with Gasteiger partial charge in [-0.15, -0.1) is 0 Å². The molecule has 6 heteroatoms. The smallest absolute Gasteiger partial charge is 0.239 e. The van der Waals surface area contributed by atoms with Gasteiger partial charge in [-0.05, 0) is 42.2 Å². The maximum Gasteiger partial charge on any atom is 0.239 e. The van der Waals surface area contributed by atoms with Gasteiger partial charge in [0.05, 0.1) is 6.54 Å². The van der Waals surface area contributed by atoms with Gasteiger partial charge in [0.1, 0.15) is 5.82 Å². The highest BCUT2D eigenvalue weighted by Gasteiger charge is 2.13. The second-order valence-corrected chi connectivity index (χ2v) is 6.44. The van der Waals surface area contributed by atoms with E-state index in [0.29, 0.717) is 36.5 Å². The lowest BCUT2D eigenvalue weighted by atomic mass is 10.1. The van der Waals surface area contributed by atoms with Gasteiger partial charge in [-0.3, -0.25) is 9.59 Å². The summed E-state index contributed by atoms with van der Waals surface area (Å²) < 4.78 is 13.5. The Bertz CT molecular complexity index is 750. The molecule has 0 bridgehead atoms. The van der Waals surface area contributed by atoms with Gasteiger partial charge in [-0.2, -0.15) is 0 Å². The summed E-state index contributed by atoms with van der Waals surface area (Å²) in [6, 6.07) is 13.9. The summed E-state index contributed by atoms with van der Waals surface area (Å²) in [6.45, 7) is 2.19. The number of nitrogens with one attached hydrogen (secondary N) is 1. The molecule has 2 amide bonds. The summed E-state index contributed by atoms with van der Waals surface area (Å²) in [4.78, 5) is 25.3. The third-order valence-corrected chi connectivity index (χ3v) is 4.29. The van der Waals surface area contributed by atoms with Crippen molar-refractivity contribution in [1.82, 2.24) is 10.2 Å². The number of halogens is 2. The van der Waals surface area contributed by atoms with Crippen LogP contribution in [-0.4, -0.2) is 36.3 Å². The van der Waals surface area contributed by atoms with Crippen LogP contribution in [-0.2, 0) is 22.4 Å².